The van der Waals surface area contributed by atoms with Crippen molar-refractivity contribution in [1.82, 2.24) is 4.90 Å². The number of rotatable bonds is 10. The minimum atomic E-state index is -0.955. The molecule has 1 aliphatic heterocycles. The first-order chi connectivity index (χ1) is 17.5. The van der Waals surface area contributed by atoms with Crippen LogP contribution in [0.3, 0.4) is 0 Å². The Morgan fingerprint density at radius 1 is 0.944 bits per heavy atom. The molecule has 1 fully saturated rings. The highest BCUT2D eigenvalue weighted by atomic mass is 32.2. The summed E-state index contributed by atoms with van der Waals surface area (Å²) < 4.78 is 10.9. The van der Waals surface area contributed by atoms with Crippen LogP contribution >= 0.6 is 11.8 Å². The second-order valence-electron chi connectivity index (χ2n) is 8.46. The highest BCUT2D eigenvalue weighted by molar-refractivity contribution is 7.99. The molecule has 36 heavy (non-hydrogen) atoms. The van der Waals surface area contributed by atoms with Crippen LogP contribution in [0.4, 0.5) is 0 Å². The van der Waals surface area contributed by atoms with Crippen LogP contribution in [0.1, 0.15) is 28.7 Å². The molecular weight excluding hydrogens is 476 g/mol. The number of primary amides is 1. The lowest BCUT2D eigenvalue weighted by Gasteiger charge is -2.51. The van der Waals surface area contributed by atoms with Gasteiger partial charge in [-0.2, -0.15) is 0 Å². The molecule has 0 saturated carbocycles. The van der Waals surface area contributed by atoms with Crippen LogP contribution in [-0.2, 0) is 25.7 Å². The number of thioether (sulfide) groups is 1. The molecule has 3 aromatic rings. The van der Waals surface area contributed by atoms with Crippen LogP contribution in [-0.4, -0.2) is 41.4 Å². The van der Waals surface area contributed by atoms with E-state index in [9.17, 15) is 14.4 Å². The summed E-state index contributed by atoms with van der Waals surface area (Å²) in [7, 11) is 1.29. The van der Waals surface area contributed by atoms with Gasteiger partial charge in [0.25, 0.3) is 0 Å². The zero-order valence-corrected chi connectivity index (χ0v) is 20.9. The first kappa shape index (κ1) is 25.3. The predicted octanol–water partition coefficient (Wildman–Crippen LogP) is 3.90. The van der Waals surface area contributed by atoms with E-state index < -0.39 is 35.1 Å². The van der Waals surface area contributed by atoms with Crippen LogP contribution < -0.4 is 10.5 Å². The third-order valence-electron chi connectivity index (χ3n) is 6.33. The van der Waals surface area contributed by atoms with Crippen molar-refractivity contribution >= 4 is 29.5 Å². The van der Waals surface area contributed by atoms with E-state index in [0.29, 0.717) is 23.5 Å². The Hall–Kier alpha value is -3.78. The Morgan fingerprint density at radius 2 is 1.56 bits per heavy atom. The highest BCUT2D eigenvalue weighted by Gasteiger charge is 2.57. The summed E-state index contributed by atoms with van der Waals surface area (Å²) in [5, 5.41) is -0.437. The Kier molecular flexibility index (Phi) is 7.95. The third kappa shape index (κ3) is 5.09. The number of methoxy groups -OCH3 is 1. The van der Waals surface area contributed by atoms with E-state index in [2.05, 4.69) is 0 Å². The fraction of sp³-hybridized carbons (Fsp3) is 0.250. The van der Waals surface area contributed by atoms with Gasteiger partial charge in [0.1, 0.15) is 12.4 Å². The van der Waals surface area contributed by atoms with Gasteiger partial charge in [-0.15, -0.1) is 11.8 Å². The monoisotopic (exact) mass is 504 g/mol. The molecule has 0 radical (unpaired) electrons. The third-order valence-corrected chi connectivity index (χ3v) is 7.34. The summed E-state index contributed by atoms with van der Waals surface area (Å²) in [6, 6.07) is 24.9. The lowest BCUT2D eigenvalue weighted by Crippen LogP contribution is -2.64. The van der Waals surface area contributed by atoms with Gasteiger partial charge >= 0.3 is 5.97 Å². The molecule has 4 rings (SSSR count). The lowest BCUT2D eigenvalue weighted by atomic mass is 9.78. The molecule has 2 N–H and O–H groups in total. The fourth-order valence-corrected chi connectivity index (χ4v) is 5.59. The molecule has 1 heterocycles. The van der Waals surface area contributed by atoms with E-state index in [4.69, 9.17) is 15.2 Å². The lowest BCUT2D eigenvalue weighted by molar-refractivity contribution is -0.168. The minimum Gasteiger partial charge on any atom is -0.489 e. The number of carbonyl (C=O) groups is 3. The Bertz CT molecular complexity index is 1200. The van der Waals surface area contributed by atoms with E-state index in [1.807, 2.05) is 42.7 Å². The van der Waals surface area contributed by atoms with E-state index in [1.165, 1.54) is 23.8 Å². The second kappa shape index (κ2) is 11.3. The summed E-state index contributed by atoms with van der Waals surface area (Å²) in [4.78, 5) is 40.3. The maximum absolute atomic E-state index is 13.5. The number of ether oxygens (including phenoxy) is 2. The maximum atomic E-state index is 13.5. The van der Waals surface area contributed by atoms with Crippen LogP contribution in [0.25, 0.3) is 0 Å². The van der Waals surface area contributed by atoms with Gasteiger partial charge in [-0.05, 0) is 35.1 Å². The number of nitrogens with two attached hydrogens (primary N) is 1. The van der Waals surface area contributed by atoms with Gasteiger partial charge in [-0.1, -0.05) is 72.8 Å². The van der Waals surface area contributed by atoms with Crippen LogP contribution in [0.15, 0.2) is 84.9 Å². The molecule has 7 nitrogen and oxygen atoms in total. The fourth-order valence-electron chi connectivity index (χ4n) is 4.57. The Labute approximate surface area is 214 Å². The van der Waals surface area contributed by atoms with Crippen molar-refractivity contribution in [1.29, 1.82) is 0 Å². The Morgan fingerprint density at radius 3 is 2.11 bits per heavy atom. The number of amides is 2. The molecule has 4 atom stereocenters. The molecule has 0 aliphatic carbocycles. The maximum Gasteiger partial charge on any atom is 0.333 e. The summed E-state index contributed by atoms with van der Waals surface area (Å²) in [6.07, 6.45) is 1.84. The van der Waals surface area contributed by atoms with E-state index in [-0.39, 0.29) is 5.91 Å². The van der Waals surface area contributed by atoms with Crippen molar-refractivity contribution in [2.24, 2.45) is 11.7 Å². The number of benzene rings is 3. The molecule has 4 unspecified atom stereocenters. The predicted molar refractivity (Wildman–Crippen MR) is 138 cm³/mol. The van der Waals surface area contributed by atoms with Gasteiger partial charge in [0.2, 0.25) is 11.8 Å². The van der Waals surface area contributed by atoms with Crippen LogP contribution in [0.5, 0.6) is 5.75 Å². The SMILES string of the molecule is COC(=O)C(c1ccc(OCc2ccccc2)cc1)N1C(=O)C(C(C(N)=O)c2ccccc2)C1SC. The first-order valence-electron chi connectivity index (χ1n) is 11.5. The summed E-state index contributed by atoms with van der Waals surface area (Å²) in [5.74, 6) is -2.29. The smallest absolute Gasteiger partial charge is 0.333 e. The zero-order chi connectivity index (χ0) is 25.7. The van der Waals surface area contributed by atoms with Crippen molar-refractivity contribution < 1.29 is 23.9 Å². The molecular formula is C28H28N2O5S. The van der Waals surface area contributed by atoms with Gasteiger partial charge in [0, 0.05) is 0 Å². The molecule has 1 saturated heterocycles. The van der Waals surface area contributed by atoms with Crippen molar-refractivity contribution in [3.8, 4) is 5.75 Å². The standard InChI is InChI=1S/C28H28N2O5S/c1-34-28(33)24(20-13-15-21(16-14-20)35-17-18-9-5-3-6-10-18)30-26(32)23(27(30)36-2)22(25(29)31)19-11-7-4-8-12-19/h3-16,22-24,27H,17H2,1-2H3,(H2,29,31). The first-order valence-corrected chi connectivity index (χ1v) is 12.8. The molecule has 3 aromatic carbocycles. The molecule has 2 amide bonds. The van der Waals surface area contributed by atoms with E-state index in [1.54, 1.807) is 48.5 Å². The summed E-state index contributed by atoms with van der Waals surface area (Å²) in [5.41, 5.74) is 8.05. The zero-order valence-electron chi connectivity index (χ0n) is 20.1. The minimum absolute atomic E-state index is 0.318. The second-order valence-corrected chi connectivity index (χ2v) is 9.41. The number of carbonyl (C=O) groups excluding carboxylic acids is 3. The number of hydrogen-bond donors (Lipinski definition) is 1. The summed E-state index contributed by atoms with van der Waals surface area (Å²) in [6.45, 7) is 0.412. The van der Waals surface area contributed by atoms with E-state index in [0.717, 1.165) is 5.56 Å². The molecule has 8 heteroatoms. The average Bonchev–Trinajstić information content (AvgIpc) is 2.91. The number of nitrogens with zero attached hydrogens (tertiary/aromatic N) is 1. The Balaban J connectivity index is 1.57. The van der Waals surface area contributed by atoms with Gasteiger partial charge in [0.05, 0.1) is 24.3 Å². The number of β-lactam (4-membered cyclic amide) rings is 1. The van der Waals surface area contributed by atoms with Crippen LogP contribution in [0, 0.1) is 5.92 Å². The number of hydrogen-bond acceptors (Lipinski definition) is 6. The molecule has 0 bridgehead atoms. The molecule has 0 spiro atoms. The summed E-state index contributed by atoms with van der Waals surface area (Å²) >= 11 is 1.40. The largest absolute Gasteiger partial charge is 0.489 e. The van der Waals surface area contributed by atoms with Gasteiger partial charge in [-0.3, -0.25) is 9.59 Å². The van der Waals surface area contributed by atoms with Crippen molar-refractivity contribution in [3.63, 3.8) is 0 Å². The van der Waals surface area contributed by atoms with Gasteiger partial charge in [-0.25, -0.2) is 4.79 Å². The quantitative estimate of drug-likeness (QED) is 0.332. The van der Waals surface area contributed by atoms with Crippen molar-refractivity contribution in [2.75, 3.05) is 13.4 Å². The van der Waals surface area contributed by atoms with Crippen molar-refractivity contribution in [2.45, 2.75) is 23.9 Å². The van der Waals surface area contributed by atoms with Gasteiger partial charge in [0.15, 0.2) is 6.04 Å². The van der Waals surface area contributed by atoms with Crippen molar-refractivity contribution in [3.05, 3.63) is 102 Å². The average molecular weight is 505 g/mol. The van der Waals surface area contributed by atoms with Gasteiger partial charge < -0.3 is 20.1 Å². The molecule has 186 valence electrons. The van der Waals surface area contributed by atoms with E-state index >= 15 is 0 Å². The normalized spacial score (nSPS) is 18.6. The number of likely N-dealkylation sites (tertiary alicyclic amines) is 1. The molecule has 0 aromatic heterocycles. The topological polar surface area (TPSA) is 98.9 Å². The van der Waals surface area contributed by atoms with Crippen LogP contribution in [0.2, 0.25) is 0 Å². The number of esters is 1. The molecule has 1 aliphatic rings. The highest BCUT2D eigenvalue weighted by Crippen LogP contribution is 2.47.